The molecule has 0 heterocycles. The minimum atomic E-state index is -0.814. The van der Waals surface area contributed by atoms with E-state index in [-0.39, 0.29) is 17.2 Å². The number of phenols is 1. The van der Waals surface area contributed by atoms with Gasteiger partial charge in [-0.05, 0) is 42.5 Å². The first-order valence-corrected chi connectivity index (χ1v) is 8.34. The number of hydrogen-bond donors (Lipinski definition) is 2. The van der Waals surface area contributed by atoms with E-state index in [0.717, 1.165) is 0 Å². The maximum absolute atomic E-state index is 11.9. The van der Waals surface area contributed by atoms with Crippen LogP contribution in [0.3, 0.4) is 0 Å². The molecule has 7 nitrogen and oxygen atoms in total. The number of aromatic hydroxyl groups is 1. The second kappa shape index (κ2) is 8.48. The molecular formula is C18H17BrN2O5. The van der Waals surface area contributed by atoms with Crippen molar-refractivity contribution in [3.63, 3.8) is 0 Å². The summed E-state index contributed by atoms with van der Waals surface area (Å²) in [5, 5.41) is 12.2. The Kier molecular flexibility index (Phi) is 6.35. The molecule has 2 amide bonds. The summed E-state index contributed by atoms with van der Waals surface area (Å²) in [5.74, 6) is -1.74. The van der Waals surface area contributed by atoms with Crippen LogP contribution >= 0.6 is 15.9 Å². The summed E-state index contributed by atoms with van der Waals surface area (Å²) in [7, 11) is 3.30. The summed E-state index contributed by atoms with van der Waals surface area (Å²) in [5.41, 5.74) is 0.912. The third-order valence-electron chi connectivity index (χ3n) is 3.33. The topological polar surface area (TPSA) is 95.9 Å². The third kappa shape index (κ3) is 5.06. The van der Waals surface area contributed by atoms with E-state index >= 15 is 0 Å². The van der Waals surface area contributed by atoms with Crippen LogP contribution in [0.15, 0.2) is 46.9 Å². The Hall–Kier alpha value is -2.87. The van der Waals surface area contributed by atoms with Crippen molar-refractivity contribution < 1.29 is 24.2 Å². The normalized spacial score (nSPS) is 10.1. The molecule has 26 heavy (non-hydrogen) atoms. The fourth-order valence-electron chi connectivity index (χ4n) is 2.03. The highest BCUT2D eigenvalue weighted by Gasteiger charge is 2.15. The summed E-state index contributed by atoms with van der Waals surface area (Å²) < 4.78 is 5.50. The zero-order valence-corrected chi connectivity index (χ0v) is 15.7. The average molecular weight is 421 g/mol. The van der Waals surface area contributed by atoms with Crippen LogP contribution in [0.5, 0.6) is 5.75 Å². The minimum Gasteiger partial charge on any atom is -0.507 e. The van der Waals surface area contributed by atoms with Crippen molar-refractivity contribution in [2.45, 2.75) is 0 Å². The number of nitrogens with one attached hydrogen (secondary N) is 1. The van der Waals surface area contributed by atoms with Crippen molar-refractivity contribution >= 4 is 39.4 Å². The van der Waals surface area contributed by atoms with Gasteiger partial charge in [0.05, 0.1) is 0 Å². The van der Waals surface area contributed by atoms with Gasteiger partial charge in [0.25, 0.3) is 11.8 Å². The summed E-state index contributed by atoms with van der Waals surface area (Å²) in [4.78, 5) is 37.1. The van der Waals surface area contributed by atoms with Gasteiger partial charge in [0.1, 0.15) is 11.3 Å². The largest absolute Gasteiger partial charge is 0.507 e. The molecule has 0 atom stereocenters. The highest BCUT2D eigenvalue weighted by atomic mass is 79.9. The Morgan fingerprint density at radius 1 is 1.12 bits per heavy atom. The van der Waals surface area contributed by atoms with Gasteiger partial charge >= 0.3 is 5.97 Å². The van der Waals surface area contributed by atoms with Crippen LogP contribution in [0.1, 0.15) is 20.7 Å². The van der Waals surface area contributed by atoms with Crippen LogP contribution in [0, 0.1) is 0 Å². The fourth-order valence-corrected chi connectivity index (χ4v) is 2.39. The van der Waals surface area contributed by atoms with Gasteiger partial charge in [-0.15, -0.1) is 0 Å². The average Bonchev–Trinajstić information content (AvgIpc) is 2.61. The number of halogens is 1. The molecule has 0 aliphatic rings. The number of rotatable bonds is 5. The minimum absolute atomic E-state index is 0.0428. The lowest BCUT2D eigenvalue weighted by Crippen LogP contribution is -2.22. The van der Waals surface area contributed by atoms with Crippen LogP contribution in [-0.2, 0) is 9.53 Å². The van der Waals surface area contributed by atoms with Gasteiger partial charge in [-0.2, -0.15) is 0 Å². The molecule has 0 aromatic heterocycles. The molecule has 0 spiro atoms. The standard InChI is InChI=1S/C18H17BrN2O5/c1-21(2)17(24)11-3-6-13(7-4-11)20-16(23)10-26-18(25)14-9-12(19)5-8-15(14)22/h3-9,22H,10H2,1-2H3,(H,20,23). The Balaban J connectivity index is 1.91. The molecule has 2 aromatic carbocycles. The van der Waals surface area contributed by atoms with Gasteiger partial charge in [-0.25, -0.2) is 4.79 Å². The first-order chi connectivity index (χ1) is 12.3. The number of carbonyl (C=O) groups excluding carboxylic acids is 3. The van der Waals surface area contributed by atoms with Gasteiger partial charge < -0.3 is 20.1 Å². The maximum atomic E-state index is 11.9. The summed E-state index contributed by atoms with van der Waals surface area (Å²) in [6.45, 7) is -0.511. The van der Waals surface area contributed by atoms with Crippen molar-refractivity contribution in [3.05, 3.63) is 58.1 Å². The summed E-state index contributed by atoms with van der Waals surface area (Å²) >= 11 is 3.19. The number of amides is 2. The molecule has 2 N–H and O–H groups in total. The smallest absolute Gasteiger partial charge is 0.342 e. The van der Waals surface area contributed by atoms with Crippen LogP contribution < -0.4 is 5.32 Å². The highest BCUT2D eigenvalue weighted by Crippen LogP contribution is 2.22. The fraction of sp³-hybridized carbons (Fsp3) is 0.167. The van der Waals surface area contributed by atoms with Crippen LogP contribution in [0.4, 0.5) is 5.69 Å². The number of nitrogens with zero attached hydrogens (tertiary/aromatic N) is 1. The Labute approximate surface area is 158 Å². The summed E-state index contributed by atoms with van der Waals surface area (Å²) in [6.07, 6.45) is 0. The molecule has 0 aliphatic carbocycles. The van der Waals surface area contributed by atoms with Gasteiger partial charge in [0.2, 0.25) is 0 Å². The van der Waals surface area contributed by atoms with Gasteiger partial charge in [-0.1, -0.05) is 15.9 Å². The number of anilines is 1. The molecular weight excluding hydrogens is 404 g/mol. The lowest BCUT2D eigenvalue weighted by Gasteiger charge is -2.11. The van der Waals surface area contributed by atoms with E-state index in [1.807, 2.05) is 0 Å². The van der Waals surface area contributed by atoms with Crippen molar-refractivity contribution in [3.8, 4) is 5.75 Å². The number of phenolic OH excluding ortho intramolecular Hbond substituents is 1. The Morgan fingerprint density at radius 3 is 2.38 bits per heavy atom. The van der Waals surface area contributed by atoms with E-state index in [4.69, 9.17) is 4.74 Å². The monoisotopic (exact) mass is 420 g/mol. The molecule has 0 fully saturated rings. The van der Waals surface area contributed by atoms with Gasteiger partial charge in [0.15, 0.2) is 6.61 Å². The van der Waals surface area contributed by atoms with E-state index < -0.39 is 18.5 Å². The van der Waals surface area contributed by atoms with Crippen molar-refractivity contribution in [2.24, 2.45) is 0 Å². The number of carbonyl (C=O) groups is 3. The predicted octanol–water partition coefficient (Wildman–Crippen LogP) is 2.65. The number of benzene rings is 2. The SMILES string of the molecule is CN(C)C(=O)c1ccc(NC(=O)COC(=O)c2cc(Br)ccc2O)cc1. The first-order valence-electron chi connectivity index (χ1n) is 7.55. The summed E-state index contributed by atoms with van der Waals surface area (Å²) in [6, 6.07) is 10.6. The molecule has 8 heteroatoms. The van der Waals surface area contributed by atoms with Crippen LogP contribution in [0.2, 0.25) is 0 Å². The molecule has 0 saturated heterocycles. The second-order valence-electron chi connectivity index (χ2n) is 5.56. The van der Waals surface area contributed by atoms with Crippen molar-refractivity contribution in [2.75, 3.05) is 26.0 Å². The van der Waals surface area contributed by atoms with E-state index in [9.17, 15) is 19.5 Å². The Morgan fingerprint density at radius 2 is 1.77 bits per heavy atom. The zero-order valence-electron chi connectivity index (χ0n) is 14.2. The molecule has 0 radical (unpaired) electrons. The van der Waals surface area contributed by atoms with Gasteiger partial charge in [-0.3, -0.25) is 9.59 Å². The highest BCUT2D eigenvalue weighted by molar-refractivity contribution is 9.10. The van der Waals surface area contributed by atoms with Crippen molar-refractivity contribution in [1.29, 1.82) is 0 Å². The molecule has 0 bridgehead atoms. The number of hydrogen-bond acceptors (Lipinski definition) is 5. The number of ether oxygens (including phenoxy) is 1. The quantitative estimate of drug-likeness (QED) is 0.724. The van der Waals surface area contributed by atoms with Gasteiger partial charge in [0, 0.05) is 29.8 Å². The lowest BCUT2D eigenvalue weighted by molar-refractivity contribution is -0.119. The lowest BCUT2D eigenvalue weighted by atomic mass is 10.2. The third-order valence-corrected chi connectivity index (χ3v) is 3.83. The van der Waals surface area contributed by atoms with Crippen molar-refractivity contribution in [1.82, 2.24) is 4.90 Å². The second-order valence-corrected chi connectivity index (χ2v) is 6.48. The number of esters is 1. The molecule has 2 aromatic rings. The molecule has 136 valence electrons. The maximum Gasteiger partial charge on any atom is 0.342 e. The molecule has 2 rings (SSSR count). The Bertz CT molecular complexity index is 834. The molecule has 0 aliphatic heterocycles. The van der Waals surface area contributed by atoms with E-state index in [0.29, 0.717) is 15.7 Å². The van der Waals surface area contributed by atoms with Crippen LogP contribution in [0.25, 0.3) is 0 Å². The van der Waals surface area contributed by atoms with Crippen LogP contribution in [-0.4, -0.2) is 48.5 Å². The first kappa shape index (κ1) is 19.5. The van der Waals surface area contributed by atoms with E-state index in [1.165, 1.54) is 17.0 Å². The van der Waals surface area contributed by atoms with E-state index in [1.54, 1.807) is 44.4 Å². The van der Waals surface area contributed by atoms with E-state index in [2.05, 4.69) is 21.2 Å². The molecule has 0 unspecified atom stereocenters. The predicted molar refractivity (Wildman–Crippen MR) is 99.2 cm³/mol. The molecule has 0 saturated carbocycles. The zero-order chi connectivity index (χ0) is 19.3.